The van der Waals surface area contributed by atoms with Gasteiger partial charge >= 0.3 is 5.97 Å². The third-order valence-corrected chi connectivity index (χ3v) is 4.57. The van der Waals surface area contributed by atoms with Gasteiger partial charge in [0.1, 0.15) is 17.6 Å². The predicted molar refractivity (Wildman–Crippen MR) is 132 cm³/mol. The molecule has 0 fully saturated rings. The second-order valence-corrected chi connectivity index (χ2v) is 7.54. The van der Waals surface area contributed by atoms with Crippen molar-refractivity contribution in [1.29, 1.82) is 0 Å². The number of hydrogen-bond acceptors (Lipinski definition) is 8. The monoisotopic (exact) mass is 500 g/mol. The van der Waals surface area contributed by atoms with E-state index >= 15 is 0 Å². The number of rotatable bonds is 8. The highest BCUT2D eigenvalue weighted by Gasteiger charge is 2.25. The number of hydrogen-bond donors (Lipinski definition) is 3. The largest absolute Gasteiger partial charge is 0.480 e. The molecule has 0 heterocycles. The average molecular weight is 500 g/mol. The number of benzene rings is 3. The van der Waals surface area contributed by atoms with Crippen LogP contribution in [0.4, 0.5) is 21.5 Å². The smallest absolute Gasteiger partial charge is 0.326 e. The van der Waals surface area contributed by atoms with Crippen molar-refractivity contribution in [3.05, 3.63) is 98.3 Å². The summed E-state index contributed by atoms with van der Waals surface area (Å²) in [4.78, 5) is 42.2. The number of carbonyl (C=O) groups is 2. The number of carboxylic acids is 1. The molecule has 36 heavy (non-hydrogen) atoms. The summed E-state index contributed by atoms with van der Waals surface area (Å²) in [5.74, 6) is -1.71. The van der Waals surface area contributed by atoms with Crippen molar-refractivity contribution in [1.82, 2.24) is 6.15 Å². The number of Topliss-reactive ketones (excluding diaryl/α,β-unsaturated/α-hetero) is 1. The van der Waals surface area contributed by atoms with Crippen molar-refractivity contribution < 1.29 is 28.9 Å². The van der Waals surface area contributed by atoms with Gasteiger partial charge in [-0.25, -0.2) is 9.18 Å². The Morgan fingerprint density at radius 1 is 0.944 bits per heavy atom. The summed E-state index contributed by atoms with van der Waals surface area (Å²) in [6.07, 6.45) is 0.0779. The van der Waals surface area contributed by atoms with Crippen LogP contribution in [0.25, 0.3) is 11.1 Å². The standard InChI is InChI=1S/C21H16FN3O6.C3H6O.H3N/c22-14-6-8-16(17-9-7-15(24(28)29)12-20(17)25(30)31)18(11-14)23-19(21(26)27)10-13-4-2-1-3-5-13;1-3(2)4;/h1-9,11-12,19,23H,10H2,(H,26,27);1-2H3;1H3. The number of nitro benzene ring substituents is 2. The number of aliphatic carboxylic acids is 1. The lowest BCUT2D eigenvalue weighted by atomic mass is 9.99. The van der Waals surface area contributed by atoms with E-state index < -0.39 is 39.0 Å². The molecule has 0 saturated heterocycles. The molecule has 0 radical (unpaired) electrons. The van der Waals surface area contributed by atoms with Crippen LogP contribution in [0.5, 0.6) is 0 Å². The fraction of sp³-hybridized carbons (Fsp3) is 0.167. The minimum absolute atomic E-state index is 0. The van der Waals surface area contributed by atoms with E-state index in [2.05, 4.69) is 5.32 Å². The van der Waals surface area contributed by atoms with Gasteiger partial charge in [0.2, 0.25) is 0 Å². The van der Waals surface area contributed by atoms with Crippen molar-refractivity contribution in [3.8, 4) is 11.1 Å². The summed E-state index contributed by atoms with van der Waals surface area (Å²) >= 11 is 0. The van der Waals surface area contributed by atoms with Crippen LogP contribution in [0.3, 0.4) is 0 Å². The molecule has 0 aliphatic rings. The minimum atomic E-state index is -1.20. The Morgan fingerprint density at radius 3 is 2.06 bits per heavy atom. The number of non-ortho nitro benzene ring substituents is 1. The number of anilines is 1. The lowest BCUT2D eigenvalue weighted by molar-refractivity contribution is -0.393. The molecule has 1 atom stereocenters. The Balaban J connectivity index is 0.00000120. The fourth-order valence-electron chi connectivity index (χ4n) is 3.12. The molecule has 0 saturated carbocycles. The SMILES string of the molecule is CC(C)=O.N.O=C(O)C(Cc1ccccc1)Nc1cc(F)ccc1-c1ccc([N+](=O)[O-])cc1[N+](=O)[O-]. The Hall–Kier alpha value is -4.71. The second-order valence-electron chi connectivity index (χ2n) is 7.54. The summed E-state index contributed by atoms with van der Waals surface area (Å²) < 4.78 is 14.0. The van der Waals surface area contributed by atoms with E-state index in [1.165, 1.54) is 26.0 Å². The van der Waals surface area contributed by atoms with E-state index in [4.69, 9.17) is 0 Å². The molecular formula is C24H25FN4O7. The number of nitrogens with one attached hydrogen (secondary N) is 1. The van der Waals surface area contributed by atoms with Crippen molar-refractivity contribution in [2.45, 2.75) is 26.3 Å². The first kappa shape index (κ1) is 29.3. The van der Waals surface area contributed by atoms with Crippen molar-refractivity contribution in [2.75, 3.05) is 5.32 Å². The Kier molecular flexibility index (Phi) is 10.8. The molecule has 190 valence electrons. The molecule has 3 aromatic carbocycles. The zero-order chi connectivity index (χ0) is 26.1. The van der Waals surface area contributed by atoms with E-state index in [0.717, 1.165) is 29.8 Å². The number of carboxylic acid groups (broad SMARTS) is 1. The number of nitro groups is 2. The van der Waals surface area contributed by atoms with Gasteiger partial charge in [-0.05, 0) is 43.7 Å². The van der Waals surface area contributed by atoms with Crippen molar-refractivity contribution >= 4 is 28.8 Å². The summed E-state index contributed by atoms with van der Waals surface area (Å²) in [6.45, 7) is 3.06. The predicted octanol–water partition coefficient (Wildman–Crippen LogP) is 5.17. The quantitative estimate of drug-likeness (QED) is 0.277. The third-order valence-electron chi connectivity index (χ3n) is 4.57. The Morgan fingerprint density at radius 2 is 1.53 bits per heavy atom. The van der Waals surface area contributed by atoms with Crippen LogP contribution in [0, 0.1) is 26.0 Å². The van der Waals surface area contributed by atoms with Gasteiger partial charge in [0.05, 0.1) is 21.5 Å². The number of halogens is 1. The van der Waals surface area contributed by atoms with Gasteiger partial charge in [-0.1, -0.05) is 30.3 Å². The molecule has 3 aromatic rings. The lowest BCUT2D eigenvalue weighted by Crippen LogP contribution is -2.31. The van der Waals surface area contributed by atoms with Crippen LogP contribution in [0.2, 0.25) is 0 Å². The average Bonchev–Trinajstić information content (AvgIpc) is 2.78. The number of nitrogens with zero attached hydrogens (tertiary/aromatic N) is 2. The lowest BCUT2D eigenvalue weighted by Gasteiger charge is -2.19. The zero-order valence-corrected chi connectivity index (χ0v) is 19.5. The molecule has 11 nitrogen and oxygen atoms in total. The van der Waals surface area contributed by atoms with Crippen LogP contribution in [0.1, 0.15) is 19.4 Å². The summed E-state index contributed by atoms with van der Waals surface area (Å²) in [5, 5.41) is 34.9. The molecule has 5 N–H and O–H groups in total. The topological polar surface area (TPSA) is 188 Å². The van der Waals surface area contributed by atoms with Gasteiger partial charge in [-0.2, -0.15) is 0 Å². The highest BCUT2D eigenvalue weighted by molar-refractivity contribution is 5.87. The van der Waals surface area contributed by atoms with Crippen molar-refractivity contribution in [3.63, 3.8) is 0 Å². The molecule has 12 heteroatoms. The summed E-state index contributed by atoms with van der Waals surface area (Å²) in [6, 6.07) is 14.1. The number of carbonyl (C=O) groups excluding carboxylic acids is 1. The molecule has 0 aromatic heterocycles. The molecular weight excluding hydrogens is 475 g/mol. The van der Waals surface area contributed by atoms with E-state index in [9.17, 15) is 39.3 Å². The first-order valence-corrected chi connectivity index (χ1v) is 10.2. The highest BCUT2D eigenvalue weighted by atomic mass is 19.1. The molecule has 0 aliphatic heterocycles. The molecule has 0 bridgehead atoms. The van der Waals surface area contributed by atoms with Gasteiger partial charge in [0.25, 0.3) is 11.4 Å². The fourth-order valence-corrected chi connectivity index (χ4v) is 3.12. The Bertz CT molecular complexity index is 1250. The molecule has 0 amide bonds. The third kappa shape index (κ3) is 8.25. The normalized spacial score (nSPS) is 10.6. The van der Waals surface area contributed by atoms with Crippen LogP contribution >= 0.6 is 0 Å². The maximum Gasteiger partial charge on any atom is 0.326 e. The van der Waals surface area contributed by atoms with Crippen LogP contribution in [-0.2, 0) is 16.0 Å². The van der Waals surface area contributed by atoms with E-state index in [1.54, 1.807) is 30.3 Å². The van der Waals surface area contributed by atoms with E-state index in [1.807, 2.05) is 0 Å². The maximum atomic E-state index is 14.0. The van der Waals surface area contributed by atoms with Gasteiger partial charge in [0.15, 0.2) is 0 Å². The van der Waals surface area contributed by atoms with E-state index in [-0.39, 0.29) is 35.2 Å². The van der Waals surface area contributed by atoms with Crippen LogP contribution in [-0.4, -0.2) is 32.7 Å². The maximum absolute atomic E-state index is 14.0. The molecule has 0 spiro atoms. The first-order chi connectivity index (χ1) is 16.5. The highest BCUT2D eigenvalue weighted by Crippen LogP contribution is 2.37. The summed E-state index contributed by atoms with van der Waals surface area (Å²) in [5.41, 5.74) is -0.162. The Labute approximate surface area is 205 Å². The second kappa shape index (κ2) is 13.2. The van der Waals surface area contributed by atoms with Gasteiger partial charge < -0.3 is 21.4 Å². The van der Waals surface area contributed by atoms with E-state index in [0.29, 0.717) is 0 Å². The van der Waals surface area contributed by atoms with Gasteiger partial charge in [-0.15, -0.1) is 0 Å². The zero-order valence-electron chi connectivity index (χ0n) is 19.5. The summed E-state index contributed by atoms with van der Waals surface area (Å²) in [7, 11) is 0. The van der Waals surface area contributed by atoms with Gasteiger partial charge in [0, 0.05) is 23.7 Å². The molecule has 0 aliphatic carbocycles. The van der Waals surface area contributed by atoms with Crippen LogP contribution in [0.15, 0.2) is 66.7 Å². The van der Waals surface area contributed by atoms with Gasteiger partial charge in [-0.3, -0.25) is 20.2 Å². The van der Waals surface area contributed by atoms with Crippen LogP contribution < -0.4 is 11.5 Å². The number of ketones is 1. The van der Waals surface area contributed by atoms with Crippen molar-refractivity contribution in [2.24, 2.45) is 0 Å². The molecule has 3 rings (SSSR count). The first-order valence-electron chi connectivity index (χ1n) is 10.2. The minimum Gasteiger partial charge on any atom is -0.480 e. The molecule has 1 unspecified atom stereocenters.